The molecule has 0 unspecified atom stereocenters. The molecular weight excluding hydrogens is 355 g/mol. The van der Waals surface area contributed by atoms with E-state index in [2.05, 4.69) is 41.4 Å². The van der Waals surface area contributed by atoms with E-state index in [9.17, 15) is 9.18 Å². The van der Waals surface area contributed by atoms with E-state index in [-0.39, 0.29) is 24.7 Å². The topological polar surface area (TPSA) is 41.6 Å². The average molecular weight is 384 g/mol. The summed E-state index contributed by atoms with van der Waals surface area (Å²) >= 11 is 0. The molecule has 0 aromatic heterocycles. The Kier molecular flexibility index (Phi) is 7.43. The molecule has 2 aromatic rings. The highest BCUT2D eigenvalue weighted by molar-refractivity contribution is 5.76. The third-order valence-electron chi connectivity index (χ3n) is 5.26. The van der Waals surface area contributed by atoms with Crippen LogP contribution in [-0.4, -0.2) is 30.0 Å². The first kappa shape index (κ1) is 20.3. The van der Waals surface area contributed by atoms with Crippen molar-refractivity contribution in [3.05, 3.63) is 65.5 Å². The van der Waals surface area contributed by atoms with Crippen LogP contribution in [-0.2, 0) is 17.9 Å². The highest BCUT2D eigenvalue weighted by atomic mass is 19.1. The Balaban J connectivity index is 1.38. The van der Waals surface area contributed by atoms with Gasteiger partial charge in [0.05, 0.1) is 13.0 Å². The number of nitrogens with one attached hydrogen (secondary N) is 1. The standard InChI is InChI=1S/C23H29FN2O2/c1-18-6-4-5-14-26(18)17-20-11-9-19(10-12-20)16-25-23(27)13-15-28-22-8-3-2-7-21(22)24/h2-3,7-12,18H,4-6,13-17H2,1H3,(H,25,27)/t18-/m1/s1. The van der Waals surface area contributed by atoms with Crippen molar-refractivity contribution < 1.29 is 13.9 Å². The number of carbonyl (C=O) groups excluding carboxylic acids is 1. The summed E-state index contributed by atoms with van der Waals surface area (Å²) in [6.07, 6.45) is 4.10. The van der Waals surface area contributed by atoms with Gasteiger partial charge in [-0.1, -0.05) is 42.8 Å². The lowest BCUT2D eigenvalue weighted by atomic mass is 10.0. The fourth-order valence-corrected chi connectivity index (χ4v) is 3.49. The molecule has 150 valence electrons. The highest BCUT2D eigenvalue weighted by Gasteiger charge is 2.17. The second-order valence-corrected chi connectivity index (χ2v) is 7.44. The Labute approximate surface area is 166 Å². The number of likely N-dealkylation sites (tertiary alicyclic amines) is 1. The van der Waals surface area contributed by atoms with Crippen molar-refractivity contribution in [1.82, 2.24) is 10.2 Å². The maximum Gasteiger partial charge on any atom is 0.223 e. The van der Waals surface area contributed by atoms with Crippen molar-refractivity contribution >= 4 is 5.91 Å². The molecular formula is C23H29FN2O2. The van der Waals surface area contributed by atoms with Gasteiger partial charge in [0.2, 0.25) is 5.91 Å². The summed E-state index contributed by atoms with van der Waals surface area (Å²) in [6.45, 7) is 5.10. The number of benzene rings is 2. The Morgan fingerprint density at radius 3 is 2.64 bits per heavy atom. The minimum Gasteiger partial charge on any atom is -0.490 e. The molecule has 4 nitrogen and oxygen atoms in total. The molecule has 0 spiro atoms. The first-order valence-electron chi connectivity index (χ1n) is 10.1. The number of ether oxygens (including phenoxy) is 1. The lowest BCUT2D eigenvalue weighted by Gasteiger charge is -2.33. The zero-order chi connectivity index (χ0) is 19.8. The van der Waals surface area contributed by atoms with Gasteiger partial charge in [-0.3, -0.25) is 9.69 Å². The van der Waals surface area contributed by atoms with Gasteiger partial charge in [-0.05, 0) is 49.6 Å². The first-order chi connectivity index (χ1) is 13.6. The molecule has 28 heavy (non-hydrogen) atoms. The summed E-state index contributed by atoms with van der Waals surface area (Å²) in [7, 11) is 0. The van der Waals surface area contributed by atoms with E-state index in [1.807, 2.05) is 0 Å². The fraction of sp³-hybridized carbons (Fsp3) is 0.435. The first-order valence-corrected chi connectivity index (χ1v) is 10.1. The Morgan fingerprint density at radius 1 is 1.14 bits per heavy atom. The quantitative estimate of drug-likeness (QED) is 0.738. The molecule has 0 radical (unpaired) electrons. The predicted molar refractivity (Wildman–Crippen MR) is 109 cm³/mol. The summed E-state index contributed by atoms with van der Waals surface area (Å²) in [5.41, 5.74) is 2.38. The van der Waals surface area contributed by atoms with Gasteiger partial charge in [0, 0.05) is 19.1 Å². The number of piperidine rings is 1. The Morgan fingerprint density at radius 2 is 1.89 bits per heavy atom. The average Bonchev–Trinajstić information content (AvgIpc) is 2.71. The molecule has 0 saturated carbocycles. The summed E-state index contributed by atoms with van der Waals surface area (Å²) in [5, 5.41) is 2.88. The molecule has 1 aliphatic rings. The number of carbonyl (C=O) groups is 1. The summed E-state index contributed by atoms with van der Waals surface area (Å²) in [6, 6.07) is 15.3. The molecule has 1 fully saturated rings. The van der Waals surface area contributed by atoms with E-state index in [1.54, 1.807) is 18.2 Å². The van der Waals surface area contributed by atoms with Crippen LogP contribution in [0, 0.1) is 5.82 Å². The maximum absolute atomic E-state index is 13.5. The van der Waals surface area contributed by atoms with Gasteiger partial charge in [-0.25, -0.2) is 4.39 Å². The van der Waals surface area contributed by atoms with Crippen LogP contribution in [0.4, 0.5) is 4.39 Å². The smallest absolute Gasteiger partial charge is 0.223 e. The lowest BCUT2D eigenvalue weighted by Crippen LogP contribution is -2.36. The largest absolute Gasteiger partial charge is 0.490 e. The summed E-state index contributed by atoms with van der Waals surface area (Å²) in [5.74, 6) is -0.349. The molecule has 5 heteroatoms. The molecule has 1 saturated heterocycles. The van der Waals surface area contributed by atoms with E-state index in [0.717, 1.165) is 12.1 Å². The zero-order valence-electron chi connectivity index (χ0n) is 16.5. The molecule has 1 N–H and O–H groups in total. The molecule has 0 aliphatic carbocycles. The van der Waals surface area contributed by atoms with Crippen molar-refractivity contribution in [1.29, 1.82) is 0 Å². The molecule has 0 bridgehead atoms. The van der Waals surface area contributed by atoms with Crippen molar-refractivity contribution in [2.75, 3.05) is 13.2 Å². The van der Waals surface area contributed by atoms with E-state index < -0.39 is 5.82 Å². The number of hydrogen-bond acceptors (Lipinski definition) is 3. The van der Waals surface area contributed by atoms with E-state index >= 15 is 0 Å². The lowest BCUT2D eigenvalue weighted by molar-refractivity contribution is -0.121. The summed E-state index contributed by atoms with van der Waals surface area (Å²) in [4.78, 5) is 14.5. The molecule has 1 atom stereocenters. The van der Waals surface area contributed by atoms with Crippen LogP contribution in [0.1, 0.15) is 43.7 Å². The van der Waals surface area contributed by atoms with Gasteiger partial charge < -0.3 is 10.1 Å². The minimum absolute atomic E-state index is 0.109. The molecule has 1 amide bonds. The van der Waals surface area contributed by atoms with Crippen LogP contribution < -0.4 is 10.1 Å². The number of rotatable bonds is 8. The van der Waals surface area contributed by atoms with Gasteiger partial charge in [-0.15, -0.1) is 0 Å². The van der Waals surface area contributed by atoms with Gasteiger partial charge in [0.1, 0.15) is 0 Å². The predicted octanol–water partition coefficient (Wildman–Crippen LogP) is 4.29. The van der Waals surface area contributed by atoms with Gasteiger partial charge in [0.15, 0.2) is 11.6 Å². The number of nitrogens with zero attached hydrogens (tertiary/aromatic N) is 1. The maximum atomic E-state index is 13.5. The van der Waals surface area contributed by atoms with Crippen molar-refractivity contribution in [2.24, 2.45) is 0 Å². The highest BCUT2D eigenvalue weighted by Crippen LogP contribution is 2.19. The van der Waals surface area contributed by atoms with Gasteiger partial charge in [0.25, 0.3) is 0 Å². The monoisotopic (exact) mass is 384 g/mol. The number of para-hydroxylation sites is 1. The van der Waals surface area contributed by atoms with Gasteiger partial charge in [-0.2, -0.15) is 0 Å². The third kappa shape index (κ3) is 6.06. The number of amides is 1. The fourth-order valence-electron chi connectivity index (χ4n) is 3.49. The van der Waals surface area contributed by atoms with Crippen molar-refractivity contribution in [2.45, 2.75) is 51.7 Å². The number of hydrogen-bond donors (Lipinski definition) is 1. The van der Waals surface area contributed by atoms with Crippen molar-refractivity contribution in [3.63, 3.8) is 0 Å². The van der Waals surface area contributed by atoms with Crippen LogP contribution >= 0.6 is 0 Å². The van der Waals surface area contributed by atoms with Crippen LogP contribution in [0.3, 0.4) is 0 Å². The second-order valence-electron chi connectivity index (χ2n) is 7.44. The van der Waals surface area contributed by atoms with E-state index in [1.165, 1.54) is 37.4 Å². The van der Waals surface area contributed by atoms with E-state index in [4.69, 9.17) is 4.74 Å². The summed E-state index contributed by atoms with van der Waals surface area (Å²) < 4.78 is 18.8. The van der Waals surface area contributed by atoms with Crippen LogP contribution in [0.5, 0.6) is 5.75 Å². The van der Waals surface area contributed by atoms with Crippen LogP contribution in [0.25, 0.3) is 0 Å². The molecule has 1 heterocycles. The number of halogens is 1. The Hall–Kier alpha value is -2.40. The van der Waals surface area contributed by atoms with Crippen LogP contribution in [0.15, 0.2) is 48.5 Å². The third-order valence-corrected chi connectivity index (χ3v) is 5.26. The normalized spacial score (nSPS) is 17.3. The second kappa shape index (κ2) is 10.2. The Bertz CT molecular complexity index is 763. The van der Waals surface area contributed by atoms with Crippen LogP contribution in [0.2, 0.25) is 0 Å². The molecule has 1 aliphatic heterocycles. The molecule has 2 aromatic carbocycles. The molecule has 3 rings (SSSR count). The van der Waals surface area contributed by atoms with Gasteiger partial charge >= 0.3 is 0 Å². The van der Waals surface area contributed by atoms with E-state index in [0.29, 0.717) is 12.6 Å². The van der Waals surface area contributed by atoms with Crippen molar-refractivity contribution in [3.8, 4) is 5.75 Å². The SMILES string of the molecule is C[C@@H]1CCCCN1Cc1ccc(CNC(=O)CCOc2ccccc2F)cc1. The minimum atomic E-state index is -0.415. The zero-order valence-corrected chi connectivity index (χ0v) is 16.5.